The highest BCUT2D eigenvalue weighted by Gasteiger charge is 2.19. The molecule has 0 aliphatic carbocycles. The van der Waals surface area contributed by atoms with Gasteiger partial charge in [0, 0.05) is 22.1 Å². The van der Waals surface area contributed by atoms with E-state index in [0.29, 0.717) is 28.1 Å². The van der Waals surface area contributed by atoms with Crippen LogP contribution >= 0.6 is 34.0 Å². The van der Waals surface area contributed by atoms with Gasteiger partial charge in [0.05, 0.1) is 23.4 Å². The first kappa shape index (κ1) is 19.5. The first-order valence-corrected chi connectivity index (χ1v) is 11.1. The minimum Gasteiger partial charge on any atom is -0.462 e. The molecule has 0 aliphatic rings. The molecule has 4 aromatic heterocycles. The van der Waals surface area contributed by atoms with Crippen LogP contribution in [0, 0.1) is 6.92 Å². The van der Waals surface area contributed by atoms with E-state index in [1.54, 1.807) is 23.7 Å². The number of nitrogens with one attached hydrogen (secondary N) is 2. The van der Waals surface area contributed by atoms with Crippen LogP contribution < -0.4 is 10.6 Å². The first-order valence-electron chi connectivity index (χ1n) is 8.61. The zero-order chi connectivity index (χ0) is 20.4. The van der Waals surface area contributed by atoms with Crippen LogP contribution in [-0.2, 0) is 11.3 Å². The number of nitrogens with zero attached hydrogens (tertiary/aromatic N) is 2. The van der Waals surface area contributed by atoms with Crippen molar-refractivity contribution >= 4 is 51.0 Å². The van der Waals surface area contributed by atoms with Gasteiger partial charge in [-0.2, -0.15) is 0 Å². The molecule has 0 spiro atoms. The molecule has 148 valence electrons. The van der Waals surface area contributed by atoms with Crippen LogP contribution in [0.25, 0.3) is 21.3 Å². The topological polar surface area (TPSA) is 97.1 Å². The summed E-state index contributed by atoms with van der Waals surface area (Å²) < 4.78 is 5.35. The summed E-state index contributed by atoms with van der Waals surface area (Å²) in [6.07, 6.45) is 1.58. The quantitative estimate of drug-likeness (QED) is 0.446. The minimum absolute atomic E-state index is 0.0638. The lowest BCUT2D eigenvalue weighted by molar-refractivity contribution is -0.119. The smallest absolute Gasteiger partial charge is 0.277 e. The summed E-state index contributed by atoms with van der Waals surface area (Å²) in [4.78, 5) is 35.4. The average molecular weight is 445 g/mol. The van der Waals surface area contributed by atoms with Crippen LogP contribution in [-0.4, -0.2) is 21.8 Å². The van der Waals surface area contributed by atoms with Gasteiger partial charge in [-0.1, -0.05) is 0 Å². The summed E-state index contributed by atoms with van der Waals surface area (Å²) in [5, 5.41) is 8.67. The second kappa shape index (κ2) is 8.27. The maximum Gasteiger partial charge on any atom is 0.277 e. The number of aryl methyl sites for hydroxylation is 1. The molecule has 0 unspecified atom stereocenters. The summed E-state index contributed by atoms with van der Waals surface area (Å²) >= 11 is 4.32. The maximum atomic E-state index is 12.6. The molecular weight excluding hydrogens is 428 g/mol. The zero-order valence-corrected chi connectivity index (χ0v) is 18.0. The standard InChI is InChI=1S/C19H16N4O3S3/c1-10-16(22-18(28-10)14-4-3-7-26-14)17(25)23-19-21-13(9-27-19)15-6-5-12(29-15)8-20-11(2)24/h3-7,9H,8H2,1-2H3,(H,20,24)(H,21,23,25). The Bertz CT molecular complexity index is 1160. The van der Waals surface area contributed by atoms with E-state index in [9.17, 15) is 9.59 Å². The monoisotopic (exact) mass is 444 g/mol. The van der Waals surface area contributed by atoms with Crippen molar-refractivity contribution in [2.75, 3.05) is 5.32 Å². The number of thiophene rings is 1. The van der Waals surface area contributed by atoms with Crippen molar-refractivity contribution in [1.29, 1.82) is 0 Å². The zero-order valence-electron chi connectivity index (χ0n) is 15.5. The molecule has 0 atom stereocenters. The third kappa shape index (κ3) is 4.44. The number of carbonyl (C=O) groups excluding carboxylic acids is 2. The van der Waals surface area contributed by atoms with Crippen LogP contribution in [0.1, 0.15) is 27.2 Å². The molecule has 0 aliphatic heterocycles. The highest BCUT2D eigenvalue weighted by molar-refractivity contribution is 7.17. The third-order valence-corrected chi connectivity index (χ3v) is 6.74. The highest BCUT2D eigenvalue weighted by atomic mass is 32.1. The van der Waals surface area contributed by atoms with Crippen molar-refractivity contribution in [3.05, 3.63) is 51.4 Å². The summed E-state index contributed by atoms with van der Waals surface area (Å²) in [7, 11) is 0. The number of amides is 2. The molecule has 7 nitrogen and oxygen atoms in total. The van der Waals surface area contributed by atoms with Gasteiger partial charge in [0.15, 0.2) is 15.9 Å². The van der Waals surface area contributed by atoms with Crippen LogP contribution in [0.3, 0.4) is 0 Å². The summed E-state index contributed by atoms with van der Waals surface area (Å²) in [5.74, 6) is 0.280. The minimum atomic E-state index is -0.296. The third-order valence-electron chi connectivity index (χ3n) is 3.89. The van der Waals surface area contributed by atoms with Crippen LogP contribution in [0.5, 0.6) is 0 Å². The molecule has 2 amide bonds. The summed E-state index contributed by atoms with van der Waals surface area (Å²) in [6, 6.07) is 7.52. The van der Waals surface area contributed by atoms with Crippen LogP contribution in [0.4, 0.5) is 5.13 Å². The molecule has 4 rings (SSSR count). The lowest BCUT2D eigenvalue weighted by Crippen LogP contribution is -2.17. The Hall–Kier alpha value is -2.82. The number of anilines is 1. The molecular formula is C19H16N4O3S3. The SMILES string of the molecule is CC(=O)NCc1ccc(-c2csc(NC(=O)c3nc(-c4ccco4)sc3C)n2)s1. The molecule has 0 saturated heterocycles. The van der Waals surface area contributed by atoms with Crippen LogP contribution in [0.15, 0.2) is 40.3 Å². The number of hydrogen-bond donors (Lipinski definition) is 2. The van der Waals surface area contributed by atoms with E-state index in [1.807, 2.05) is 30.5 Å². The van der Waals surface area contributed by atoms with E-state index in [-0.39, 0.29) is 11.8 Å². The Morgan fingerprint density at radius 3 is 2.79 bits per heavy atom. The fourth-order valence-electron chi connectivity index (χ4n) is 2.54. The molecule has 29 heavy (non-hydrogen) atoms. The number of hydrogen-bond acceptors (Lipinski definition) is 8. The van der Waals surface area contributed by atoms with Crippen molar-refractivity contribution in [3.63, 3.8) is 0 Å². The molecule has 10 heteroatoms. The van der Waals surface area contributed by atoms with Gasteiger partial charge < -0.3 is 9.73 Å². The number of furan rings is 1. The van der Waals surface area contributed by atoms with E-state index < -0.39 is 0 Å². The lowest BCUT2D eigenvalue weighted by Gasteiger charge is -1.99. The second-order valence-corrected chi connectivity index (χ2v) is 9.30. The normalized spacial score (nSPS) is 10.8. The Labute approximate surface area is 178 Å². The Morgan fingerprint density at radius 2 is 2.03 bits per heavy atom. The fourth-order valence-corrected chi connectivity index (χ4v) is 5.10. The van der Waals surface area contributed by atoms with E-state index in [0.717, 1.165) is 20.3 Å². The predicted octanol–water partition coefficient (Wildman–Crippen LogP) is 4.78. The molecule has 4 heterocycles. The fraction of sp³-hybridized carbons (Fsp3) is 0.158. The van der Waals surface area contributed by atoms with Crippen molar-refractivity contribution in [2.24, 2.45) is 0 Å². The molecule has 0 bridgehead atoms. The highest BCUT2D eigenvalue weighted by Crippen LogP contribution is 2.32. The van der Waals surface area contributed by atoms with Gasteiger partial charge in [0.1, 0.15) is 5.69 Å². The molecule has 0 radical (unpaired) electrons. The average Bonchev–Trinajstić information content (AvgIpc) is 3.46. The number of rotatable bonds is 6. The molecule has 0 saturated carbocycles. The maximum absolute atomic E-state index is 12.6. The van der Waals surface area contributed by atoms with E-state index >= 15 is 0 Å². The molecule has 0 fully saturated rings. The van der Waals surface area contributed by atoms with Gasteiger partial charge in [-0.3, -0.25) is 14.9 Å². The van der Waals surface area contributed by atoms with E-state index in [1.165, 1.54) is 29.6 Å². The number of aromatic nitrogens is 2. The van der Waals surface area contributed by atoms with Gasteiger partial charge in [0.25, 0.3) is 5.91 Å². The van der Waals surface area contributed by atoms with Crippen molar-refractivity contribution in [1.82, 2.24) is 15.3 Å². The largest absolute Gasteiger partial charge is 0.462 e. The van der Waals surface area contributed by atoms with E-state index in [2.05, 4.69) is 20.6 Å². The van der Waals surface area contributed by atoms with Crippen molar-refractivity contribution in [2.45, 2.75) is 20.4 Å². The Kier molecular flexibility index (Phi) is 5.56. The predicted molar refractivity (Wildman–Crippen MR) is 115 cm³/mol. The summed E-state index contributed by atoms with van der Waals surface area (Å²) in [6.45, 7) is 3.84. The van der Waals surface area contributed by atoms with Gasteiger partial charge in [-0.25, -0.2) is 9.97 Å². The van der Waals surface area contributed by atoms with E-state index in [4.69, 9.17) is 4.42 Å². The van der Waals surface area contributed by atoms with Gasteiger partial charge in [-0.05, 0) is 31.2 Å². The lowest BCUT2D eigenvalue weighted by atomic mass is 10.3. The van der Waals surface area contributed by atoms with Gasteiger partial charge in [0.2, 0.25) is 5.91 Å². The Balaban J connectivity index is 1.45. The summed E-state index contributed by atoms with van der Waals surface area (Å²) in [5.41, 5.74) is 1.16. The number of thiazole rings is 2. The molecule has 4 aromatic rings. The van der Waals surface area contributed by atoms with Gasteiger partial charge >= 0.3 is 0 Å². The molecule has 2 N–H and O–H groups in total. The molecule has 0 aromatic carbocycles. The van der Waals surface area contributed by atoms with Crippen LogP contribution in [0.2, 0.25) is 0 Å². The number of carbonyl (C=O) groups is 2. The second-order valence-electron chi connectivity index (χ2n) is 6.07. The first-order chi connectivity index (χ1) is 14.0. The Morgan fingerprint density at radius 1 is 1.17 bits per heavy atom. The van der Waals surface area contributed by atoms with Crippen molar-refractivity contribution in [3.8, 4) is 21.3 Å². The van der Waals surface area contributed by atoms with Gasteiger partial charge in [-0.15, -0.1) is 34.0 Å². The van der Waals surface area contributed by atoms with Crippen molar-refractivity contribution < 1.29 is 14.0 Å².